The number of ketones is 1. The van der Waals surface area contributed by atoms with E-state index < -0.39 is 0 Å². The maximum atomic E-state index is 12.9. The largest absolute Gasteiger partial charge is 0.461 e. The van der Waals surface area contributed by atoms with Gasteiger partial charge in [-0.1, -0.05) is 18.2 Å². The lowest BCUT2D eigenvalue weighted by atomic mass is 10.0. The number of benzene rings is 2. The summed E-state index contributed by atoms with van der Waals surface area (Å²) >= 11 is 0. The second-order valence-corrected chi connectivity index (χ2v) is 4.37. The molecule has 0 aliphatic heterocycles. The van der Waals surface area contributed by atoms with Crippen LogP contribution in [0.5, 0.6) is 0 Å². The van der Waals surface area contributed by atoms with Gasteiger partial charge in [-0.05, 0) is 37.3 Å². The van der Waals surface area contributed by atoms with E-state index in [2.05, 4.69) is 0 Å². The zero-order valence-corrected chi connectivity index (χ0v) is 10.3. The molecule has 3 aromatic rings. The predicted molar refractivity (Wildman–Crippen MR) is 70.8 cm³/mol. The molecule has 0 N–H and O–H groups in total. The van der Waals surface area contributed by atoms with Gasteiger partial charge in [-0.15, -0.1) is 0 Å². The fourth-order valence-corrected chi connectivity index (χ4v) is 2.20. The minimum Gasteiger partial charge on any atom is -0.461 e. The Balaban J connectivity index is 2.16. The third kappa shape index (κ3) is 1.93. The molecule has 0 fully saturated rings. The zero-order valence-electron chi connectivity index (χ0n) is 10.3. The molecule has 0 saturated carbocycles. The summed E-state index contributed by atoms with van der Waals surface area (Å²) in [5.41, 5.74) is 1.68. The van der Waals surface area contributed by atoms with E-state index in [-0.39, 0.29) is 11.6 Å². The van der Waals surface area contributed by atoms with Gasteiger partial charge in [0.25, 0.3) is 0 Å². The van der Waals surface area contributed by atoms with Crippen molar-refractivity contribution in [2.45, 2.75) is 6.92 Å². The Hall–Kier alpha value is -2.42. The van der Waals surface area contributed by atoms with Gasteiger partial charge in [0, 0.05) is 10.9 Å². The summed E-state index contributed by atoms with van der Waals surface area (Å²) in [4.78, 5) is 12.5. The van der Waals surface area contributed by atoms with Crippen LogP contribution in [0.15, 0.2) is 52.9 Å². The molecular formula is C16H11FO2. The first-order chi connectivity index (χ1) is 9.16. The molecule has 0 saturated heterocycles. The zero-order chi connectivity index (χ0) is 13.4. The van der Waals surface area contributed by atoms with Crippen LogP contribution in [-0.4, -0.2) is 5.78 Å². The smallest absolute Gasteiger partial charge is 0.197 e. The number of halogens is 1. The average molecular weight is 254 g/mol. The molecule has 0 atom stereocenters. The molecule has 0 amide bonds. The maximum absolute atomic E-state index is 12.9. The molecule has 1 heterocycles. The van der Waals surface area contributed by atoms with Crippen molar-refractivity contribution >= 4 is 16.8 Å². The Morgan fingerprint density at radius 1 is 1.05 bits per heavy atom. The van der Waals surface area contributed by atoms with Crippen molar-refractivity contribution in [1.82, 2.24) is 0 Å². The van der Waals surface area contributed by atoms with Gasteiger partial charge in [-0.25, -0.2) is 4.39 Å². The Labute approximate surface area is 109 Å². The van der Waals surface area contributed by atoms with E-state index in [1.807, 2.05) is 24.3 Å². The highest BCUT2D eigenvalue weighted by Gasteiger charge is 2.19. The van der Waals surface area contributed by atoms with Crippen molar-refractivity contribution in [2.24, 2.45) is 0 Å². The monoisotopic (exact) mass is 254 g/mol. The molecular weight excluding hydrogens is 243 g/mol. The molecule has 0 bridgehead atoms. The van der Waals surface area contributed by atoms with Crippen LogP contribution in [0, 0.1) is 12.7 Å². The molecule has 0 radical (unpaired) electrons. The number of hydrogen-bond acceptors (Lipinski definition) is 2. The molecule has 2 aromatic carbocycles. The molecule has 0 aliphatic carbocycles. The first-order valence-corrected chi connectivity index (χ1v) is 5.95. The van der Waals surface area contributed by atoms with Crippen LogP contribution in [0.1, 0.15) is 21.7 Å². The van der Waals surface area contributed by atoms with Gasteiger partial charge in [-0.3, -0.25) is 4.79 Å². The summed E-state index contributed by atoms with van der Waals surface area (Å²) in [6.45, 7) is 1.76. The van der Waals surface area contributed by atoms with Crippen LogP contribution in [-0.2, 0) is 0 Å². The van der Waals surface area contributed by atoms with Crippen molar-refractivity contribution < 1.29 is 13.6 Å². The second-order valence-electron chi connectivity index (χ2n) is 4.37. The number of furan rings is 1. The van der Waals surface area contributed by atoms with E-state index in [1.165, 1.54) is 24.3 Å². The first kappa shape index (κ1) is 11.7. The molecule has 3 heteroatoms. The van der Waals surface area contributed by atoms with Gasteiger partial charge in [0.15, 0.2) is 5.78 Å². The molecule has 94 valence electrons. The molecule has 2 nitrogen and oxygen atoms in total. The molecule has 3 rings (SSSR count). The average Bonchev–Trinajstić information content (AvgIpc) is 2.74. The Bertz CT molecular complexity index is 754. The highest BCUT2D eigenvalue weighted by Crippen LogP contribution is 2.27. The number of carbonyl (C=O) groups is 1. The third-order valence-electron chi connectivity index (χ3n) is 3.10. The van der Waals surface area contributed by atoms with Gasteiger partial charge in [0.1, 0.15) is 17.2 Å². The highest BCUT2D eigenvalue weighted by molar-refractivity contribution is 6.16. The number of carbonyl (C=O) groups excluding carboxylic acids is 1. The molecule has 0 spiro atoms. The van der Waals surface area contributed by atoms with E-state index in [0.717, 1.165) is 5.39 Å². The fourth-order valence-electron chi connectivity index (χ4n) is 2.20. The number of fused-ring (bicyclic) bond motifs is 1. The van der Waals surface area contributed by atoms with Crippen LogP contribution < -0.4 is 0 Å². The van der Waals surface area contributed by atoms with Crippen LogP contribution in [0.2, 0.25) is 0 Å². The summed E-state index contributed by atoms with van der Waals surface area (Å²) < 4.78 is 18.5. The molecule has 0 unspecified atom stereocenters. The summed E-state index contributed by atoms with van der Waals surface area (Å²) in [5, 5.41) is 0.786. The lowest BCUT2D eigenvalue weighted by Crippen LogP contribution is -2.02. The van der Waals surface area contributed by atoms with E-state index in [1.54, 1.807) is 6.92 Å². The van der Waals surface area contributed by atoms with Crippen LogP contribution in [0.25, 0.3) is 11.0 Å². The summed E-state index contributed by atoms with van der Waals surface area (Å²) in [7, 11) is 0. The standard InChI is InChI=1S/C16H11FO2/c1-10-15(13-4-2-3-5-14(13)19-10)16(18)11-6-8-12(17)9-7-11/h2-9H,1H3. The molecule has 0 aliphatic rings. The predicted octanol–water partition coefficient (Wildman–Crippen LogP) is 4.11. The summed E-state index contributed by atoms with van der Waals surface area (Å²) in [5.74, 6) is 0.0725. The van der Waals surface area contributed by atoms with Gasteiger partial charge in [0.05, 0.1) is 5.56 Å². The van der Waals surface area contributed by atoms with Crippen LogP contribution in [0.3, 0.4) is 0 Å². The minimum absolute atomic E-state index is 0.151. The Morgan fingerprint density at radius 2 is 1.74 bits per heavy atom. The van der Waals surface area contributed by atoms with Gasteiger partial charge < -0.3 is 4.42 Å². The van der Waals surface area contributed by atoms with Crippen molar-refractivity contribution in [1.29, 1.82) is 0 Å². The molecule has 19 heavy (non-hydrogen) atoms. The number of rotatable bonds is 2. The Kier molecular flexibility index (Phi) is 2.67. The maximum Gasteiger partial charge on any atom is 0.197 e. The first-order valence-electron chi connectivity index (χ1n) is 5.95. The number of para-hydroxylation sites is 1. The number of hydrogen-bond donors (Lipinski definition) is 0. The van der Waals surface area contributed by atoms with Crippen molar-refractivity contribution in [3.05, 3.63) is 71.2 Å². The van der Waals surface area contributed by atoms with Gasteiger partial charge in [-0.2, -0.15) is 0 Å². The topological polar surface area (TPSA) is 30.2 Å². The Morgan fingerprint density at radius 3 is 2.47 bits per heavy atom. The highest BCUT2D eigenvalue weighted by atomic mass is 19.1. The van der Waals surface area contributed by atoms with E-state index in [4.69, 9.17) is 4.42 Å². The van der Waals surface area contributed by atoms with Crippen molar-refractivity contribution in [2.75, 3.05) is 0 Å². The van der Waals surface area contributed by atoms with E-state index >= 15 is 0 Å². The fraction of sp³-hybridized carbons (Fsp3) is 0.0625. The third-order valence-corrected chi connectivity index (χ3v) is 3.10. The van der Waals surface area contributed by atoms with Gasteiger partial charge >= 0.3 is 0 Å². The lowest BCUT2D eigenvalue weighted by molar-refractivity contribution is 0.103. The van der Waals surface area contributed by atoms with E-state index in [0.29, 0.717) is 22.5 Å². The van der Waals surface area contributed by atoms with E-state index in [9.17, 15) is 9.18 Å². The van der Waals surface area contributed by atoms with Crippen molar-refractivity contribution in [3.8, 4) is 0 Å². The summed E-state index contributed by atoms with van der Waals surface area (Å²) in [6, 6.07) is 12.9. The van der Waals surface area contributed by atoms with Crippen LogP contribution in [0.4, 0.5) is 4.39 Å². The normalized spacial score (nSPS) is 10.8. The SMILES string of the molecule is Cc1oc2ccccc2c1C(=O)c1ccc(F)cc1. The minimum atomic E-state index is -0.356. The van der Waals surface area contributed by atoms with Gasteiger partial charge in [0.2, 0.25) is 0 Å². The quantitative estimate of drug-likeness (QED) is 0.644. The number of aryl methyl sites for hydroxylation is 1. The summed E-state index contributed by atoms with van der Waals surface area (Å²) in [6.07, 6.45) is 0. The molecule has 1 aromatic heterocycles. The lowest BCUT2D eigenvalue weighted by Gasteiger charge is -2.00. The second kappa shape index (κ2) is 4.35. The van der Waals surface area contributed by atoms with Crippen LogP contribution >= 0.6 is 0 Å². The van der Waals surface area contributed by atoms with Crippen molar-refractivity contribution in [3.63, 3.8) is 0 Å².